The number of fused-ring (bicyclic) bond motifs is 8. The molecule has 0 aliphatic heterocycles. The van der Waals surface area contributed by atoms with E-state index in [1.165, 1.54) is 0 Å². The molecule has 9 aromatic carbocycles. The summed E-state index contributed by atoms with van der Waals surface area (Å²) in [5, 5.41) is 96.9. The highest BCUT2D eigenvalue weighted by atomic mass is 16.4. The third-order valence-electron chi connectivity index (χ3n) is 11.3. The first-order valence-corrected chi connectivity index (χ1v) is 19.1. The molecule has 0 radical (unpaired) electrons. The summed E-state index contributed by atoms with van der Waals surface area (Å²) in [6.45, 7) is 4.00. The molecule has 0 fully saturated rings. The summed E-state index contributed by atoms with van der Waals surface area (Å²) in [6.07, 6.45) is 5.31. The van der Waals surface area contributed by atoms with Crippen LogP contribution in [0.3, 0.4) is 0 Å². The van der Waals surface area contributed by atoms with E-state index in [9.17, 15) is 40.9 Å². The van der Waals surface area contributed by atoms with Gasteiger partial charge < -0.3 is 40.9 Å². The largest absolute Gasteiger partial charge is 0.504 e. The van der Waals surface area contributed by atoms with Crippen molar-refractivity contribution in [3.05, 3.63) is 126 Å². The van der Waals surface area contributed by atoms with Crippen molar-refractivity contribution in [1.82, 2.24) is 0 Å². The summed E-state index contributed by atoms with van der Waals surface area (Å²) in [6, 6.07) is 35.2. The summed E-state index contributed by atoms with van der Waals surface area (Å²) in [5.41, 5.74) is 4.09. The van der Waals surface area contributed by atoms with Crippen LogP contribution in [0, 0.1) is 0 Å². The molecule has 9 aromatic rings. The second-order valence-corrected chi connectivity index (χ2v) is 14.3. The molecule has 0 heterocycles. The van der Waals surface area contributed by atoms with Gasteiger partial charge in [0.25, 0.3) is 0 Å². The molecular formula is C50H38O8. The molecule has 8 nitrogen and oxygen atoms in total. The topological polar surface area (TPSA) is 162 Å². The Kier molecular flexibility index (Phi) is 8.44. The Bertz CT molecular complexity index is 3150. The second kappa shape index (κ2) is 13.6. The number of aromatic hydroxyl groups is 8. The van der Waals surface area contributed by atoms with Crippen LogP contribution in [-0.2, 0) is 6.42 Å². The van der Waals surface area contributed by atoms with Gasteiger partial charge in [-0.05, 0) is 90.7 Å². The zero-order chi connectivity index (χ0) is 40.6. The molecule has 8 heteroatoms. The molecule has 1 aliphatic rings. The van der Waals surface area contributed by atoms with E-state index in [1.54, 1.807) is 24.3 Å². The Morgan fingerprint density at radius 3 is 1.59 bits per heavy atom. The zero-order valence-electron chi connectivity index (χ0n) is 31.5. The predicted octanol–water partition coefficient (Wildman–Crippen LogP) is 12.1. The molecule has 0 unspecified atom stereocenters. The van der Waals surface area contributed by atoms with Crippen molar-refractivity contribution < 1.29 is 40.9 Å². The van der Waals surface area contributed by atoms with E-state index in [-0.39, 0.29) is 32.7 Å². The highest BCUT2D eigenvalue weighted by Crippen LogP contribution is 2.62. The van der Waals surface area contributed by atoms with Gasteiger partial charge in [-0.15, -0.1) is 0 Å². The Morgan fingerprint density at radius 2 is 0.931 bits per heavy atom. The van der Waals surface area contributed by atoms with Crippen LogP contribution < -0.4 is 0 Å². The van der Waals surface area contributed by atoms with E-state index in [1.807, 2.05) is 74.5 Å². The molecule has 1 aliphatic carbocycles. The van der Waals surface area contributed by atoms with E-state index >= 15 is 0 Å². The Labute approximate surface area is 332 Å². The summed E-state index contributed by atoms with van der Waals surface area (Å²) in [4.78, 5) is 0. The van der Waals surface area contributed by atoms with Crippen LogP contribution in [-0.4, -0.2) is 40.9 Å². The Hall–Kier alpha value is -7.58. The van der Waals surface area contributed by atoms with Crippen molar-refractivity contribution in [3.8, 4) is 79.4 Å². The number of aryl methyl sites for hydroxylation is 1. The number of benzene rings is 9. The summed E-state index contributed by atoms with van der Waals surface area (Å²) < 4.78 is 0. The minimum Gasteiger partial charge on any atom is -0.504 e. The van der Waals surface area contributed by atoms with E-state index in [4.69, 9.17) is 0 Å². The predicted molar refractivity (Wildman–Crippen MR) is 232 cm³/mol. The molecule has 0 saturated heterocycles. The quantitative estimate of drug-likeness (QED) is 0.0381. The van der Waals surface area contributed by atoms with E-state index in [2.05, 4.69) is 36.4 Å². The lowest BCUT2D eigenvalue weighted by Gasteiger charge is -2.24. The fourth-order valence-corrected chi connectivity index (χ4v) is 8.82. The van der Waals surface area contributed by atoms with E-state index < -0.39 is 46.0 Å². The third kappa shape index (κ3) is 5.08. The molecule has 0 aromatic heterocycles. The molecule has 286 valence electrons. The normalized spacial score (nSPS) is 12.3. The van der Waals surface area contributed by atoms with Crippen LogP contribution in [0.25, 0.3) is 93.3 Å². The molecule has 8 N–H and O–H groups in total. The van der Waals surface area contributed by atoms with Gasteiger partial charge in [-0.3, -0.25) is 0 Å². The minimum atomic E-state index is -1.01. The standard InChI is InChI=1S/C48H32O8.C2H6/c49-41-37-35(26-13-7-12-25(21-26)33-22-27-20-19-24-10-2-4-15-29(24)34(27)32-17-6-5-16-30(32)33)38-40(44(52)48(56)46(54)42(38)50)36(39(37)43(51)47(55)45(41)53)31-18-8-11-23-9-1-3-14-28(23)31;1-2/h2-8,10-22,49-56H,1,9H2;1-2H3. The summed E-state index contributed by atoms with van der Waals surface area (Å²) >= 11 is 0. The summed E-state index contributed by atoms with van der Waals surface area (Å²) in [7, 11) is 0. The first-order valence-electron chi connectivity index (χ1n) is 19.1. The fourth-order valence-electron chi connectivity index (χ4n) is 8.82. The van der Waals surface area contributed by atoms with Crippen molar-refractivity contribution in [3.63, 3.8) is 0 Å². The lowest BCUT2D eigenvalue weighted by molar-refractivity contribution is 0.350. The van der Waals surface area contributed by atoms with Crippen LogP contribution in [0.15, 0.2) is 115 Å². The number of phenols is 8. The van der Waals surface area contributed by atoms with Crippen molar-refractivity contribution in [1.29, 1.82) is 0 Å². The van der Waals surface area contributed by atoms with Gasteiger partial charge in [0.15, 0.2) is 23.0 Å². The van der Waals surface area contributed by atoms with Gasteiger partial charge >= 0.3 is 0 Å². The maximum Gasteiger partial charge on any atom is 0.204 e. The minimum absolute atomic E-state index is 0.00299. The van der Waals surface area contributed by atoms with Crippen LogP contribution in [0.5, 0.6) is 46.0 Å². The number of allylic oxidation sites excluding steroid dienone is 1. The smallest absolute Gasteiger partial charge is 0.204 e. The first kappa shape index (κ1) is 36.1. The van der Waals surface area contributed by atoms with Crippen LogP contribution >= 0.6 is 0 Å². The van der Waals surface area contributed by atoms with Gasteiger partial charge in [-0.25, -0.2) is 0 Å². The lowest BCUT2D eigenvalue weighted by Crippen LogP contribution is -1.99. The molecule has 0 spiro atoms. The van der Waals surface area contributed by atoms with Gasteiger partial charge in [0.1, 0.15) is 0 Å². The SMILES string of the molecule is CC.Oc1c(O)c(O)c2c(-c3cccc4c3C=CCC4)c3c(O)c(O)c(O)c(O)c3c(-c3cccc(-c4cc5ccc6ccccc6c5c5ccccc45)c3)c2c1O. The van der Waals surface area contributed by atoms with Gasteiger partial charge in [0.2, 0.25) is 23.0 Å². The molecule has 0 saturated carbocycles. The Morgan fingerprint density at radius 1 is 0.397 bits per heavy atom. The van der Waals surface area contributed by atoms with E-state index in [0.717, 1.165) is 55.4 Å². The molecule has 0 bridgehead atoms. The number of phenolic OH excluding ortho intramolecular Hbond substituents is 8. The monoisotopic (exact) mass is 766 g/mol. The molecule has 0 atom stereocenters. The van der Waals surface area contributed by atoms with Crippen molar-refractivity contribution >= 4 is 59.9 Å². The Balaban J connectivity index is 0.00000215. The molecule has 58 heavy (non-hydrogen) atoms. The van der Waals surface area contributed by atoms with Crippen LogP contribution in [0.4, 0.5) is 0 Å². The van der Waals surface area contributed by atoms with Crippen molar-refractivity contribution in [2.75, 3.05) is 0 Å². The molecule has 0 amide bonds. The zero-order valence-corrected chi connectivity index (χ0v) is 31.5. The first-order chi connectivity index (χ1) is 28.2. The lowest BCUT2D eigenvalue weighted by atomic mass is 9.80. The average molecular weight is 767 g/mol. The average Bonchev–Trinajstić information content (AvgIpc) is 3.27. The molecular weight excluding hydrogens is 729 g/mol. The van der Waals surface area contributed by atoms with E-state index in [0.29, 0.717) is 23.1 Å². The van der Waals surface area contributed by atoms with Crippen molar-refractivity contribution in [2.45, 2.75) is 26.7 Å². The maximum absolute atomic E-state index is 11.8. The highest BCUT2D eigenvalue weighted by molar-refractivity contribution is 6.29. The maximum atomic E-state index is 11.8. The molecule has 10 rings (SSSR count). The fraction of sp³-hybridized carbons (Fsp3) is 0.0800. The summed E-state index contributed by atoms with van der Waals surface area (Å²) in [5.74, 6) is -7.25. The number of hydrogen-bond acceptors (Lipinski definition) is 8. The van der Waals surface area contributed by atoms with Gasteiger partial charge in [-0.2, -0.15) is 0 Å². The van der Waals surface area contributed by atoms with Crippen molar-refractivity contribution in [2.24, 2.45) is 0 Å². The van der Waals surface area contributed by atoms with Gasteiger partial charge in [0, 0.05) is 32.7 Å². The number of rotatable bonds is 3. The second-order valence-electron chi connectivity index (χ2n) is 14.3. The van der Waals surface area contributed by atoms with Gasteiger partial charge in [-0.1, -0.05) is 123 Å². The highest BCUT2D eigenvalue weighted by Gasteiger charge is 2.33. The number of hydrogen-bond donors (Lipinski definition) is 8. The van der Waals surface area contributed by atoms with Crippen LogP contribution in [0.2, 0.25) is 0 Å². The van der Waals surface area contributed by atoms with Crippen LogP contribution in [0.1, 0.15) is 31.4 Å². The third-order valence-corrected chi connectivity index (χ3v) is 11.3. The van der Waals surface area contributed by atoms with Gasteiger partial charge in [0.05, 0.1) is 0 Å².